The summed E-state index contributed by atoms with van der Waals surface area (Å²) >= 11 is 0. The number of aldehydes is 1. The van der Waals surface area contributed by atoms with E-state index < -0.39 is 30.5 Å². The second-order valence-corrected chi connectivity index (χ2v) is 3.50. The number of nitrogens with one attached hydrogen (secondary N) is 1. The van der Waals surface area contributed by atoms with Crippen molar-refractivity contribution in [1.29, 1.82) is 0 Å². The lowest BCUT2D eigenvalue weighted by Crippen LogP contribution is -2.53. The molecule has 0 saturated heterocycles. The van der Waals surface area contributed by atoms with E-state index in [0.29, 0.717) is 0 Å². The number of nitrogens with zero attached hydrogens (tertiary/aromatic N) is 2. The molecular weight excluding hydrogens is 234 g/mol. The number of aliphatic hydroxyl groups excluding tert-OH is 4. The van der Waals surface area contributed by atoms with E-state index in [1.54, 1.807) is 0 Å². The highest BCUT2D eigenvalue weighted by molar-refractivity contribution is 5.56. The predicted molar refractivity (Wildman–Crippen MR) is 51.4 cm³/mol. The lowest BCUT2D eigenvalue weighted by Gasteiger charge is -2.32. The Labute approximate surface area is 95.3 Å². The van der Waals surface area contributed by atoms with Gasteiger partial charge >= 0.3 is 0 Å². The largest absolute Gasteiger partial charge is 0.393 e. The Hall–Kier alpha value is -1.39. The first-order valence-corrected chi connectivity index (χ1v) is 4.67. The number of H-pyrrole nitrogens is 1. The van der Waals surface area contributed by atoms with Gasteiger partial charge in [-0.1, -0.05) is 5.21 Å². The number of hydrogen-bond acceptors (Lipinski definition) is 8. The molecule has 0 fully saturated rings. The summed E-state index contributed by atoms with van der Waals surface area (Å²) in [6, 6.07) is 0. The van der Waals surface area contributed by atoms with E-state index in [-0.39, 0.29) is 12.0 Å². The molecule has 0 aliphatic carbocycles. The first kappa shape index (κ1) is 13.7. The summed E-state index contributed by atoms with van der Waals surface area (Å²) in [7, 11) is 0. The van der Waals surface area contributed by atoms with Gasteiger partial charge in [-0.15, -0.1) is 5.10 Å². The standard InChI is InChI=1S/C8H13N3O6/c12-2-4(14)6(15)7(16)8(17,3-13)5-1-9-11-10-5/h1-2,4,6-7,13-17H,3H2,(H,9,10,11)/t4-,6+,7-,8-/m0/s1. The number of aromatic nitrogens is 3. The highest BCUT2D eigenvalue weighted by Gasteiger charge is 2.45. The monoisotopic (exact) mass is 247 g/mol. The fourth-order valence-electron chi connectivity index (χ4n) is 1.29. The summed E-state index contributed by atoms with van der Waals surface area (Å²) < 4.78 is 0. The van der Waals surface area contributed by atoms with Crippen LogP contribution in [0.1, 0.15) is 5.69 Å². The van der Waals surface area contributed by atoms with Gasteiger partial charge in [0.2, 0.25) is 0 Å². The Morgan fingerprint density at radius 3 is 2.53 bits per heavy atom. The zero-order valence-electron chi connectivity index (χ0n) is 8.63. The Morgan fingerprint density at radius 2 is 2.12 bits per heavy atom. The second kappa shape index (κ2) is 5.29. The Balaban J connectivity index is 2.97. The number of hydrogen-bond donors (Lipinski definition) is 6. The van der Waals surface area contributed by atoms with Crippen LogP contribution in [0.25, 0.3) is 0 Å². The average Bonchev–Trinajstić information content (AvgIpc) is 2.89. The van der Waals surface area contributed by atoms with E-state index in [0.717, 1.165) is 6.20 Å². The van der Waals surface area contributed by atoms with Crippen LogP contribution in [0.15, 0.2) is 6.20 Å². The third kappa shape index (κ3) is 2.48. The molecular formula is C8H13N3O6. The van der Waals surface area contributed by atoms with Gasteiger partial charge in [0.1, 0.15) is 24.0 Å². The minimum atomic E-state index is -2.34. The quantitative estimate of drug-likeness (QED) is 0.280. The van der Waals surface area contributed by atoms with Crippen molar-refractivity contribution in [1.82, 2.24) is 15.4 Å². The van der Waals surface area contributed by atoms with Gasteiger partial charge in [0.15, 0.2) is 11.9 Å². The lowest BCUT2D eigenvalue weighted by atomic mass is 9.88. The third-order valence-corrected chi connectivity index (χ3v) is 2.40. The van der Waals surface area contributed by atoms with Crippen LogP contribution in [0.3, 0.4) is 0 Å². The molecule has 0 aromatic carbocycles. The fraction of sp³-hybridized carbons (Fsp3) is 0.625. The molecule has 0 bridgehead atoms. The summed E-state index contributed by atoms with van der Waals surface area (Å²) in [5.41, 5.74) is -2.57. The van der Waals surface area contributed by atoms with Crippen molar-refractivity contribution in [2.24, 2.45) is 0 Å². The maximum Gasteiger partial charge on any atom is 0.161 e. The van der Waals surface area contributed by atoms with Crippen LogP contribution < -0.4 is 0 Å². The van der Waals surface area contributed by atoms with Crippen molar-refractivity contribution in [2.45, 2.75) is 23.9 Å². The van der Waals surface area contributed by atoms with Gasteiger partial charge in [0.05, 0.1) is 6.61 Å². The molecule has 17 heavy (non-hydrogen) atoms. The Morgan fingerprint density at radius 1 is 1.47 bits per heavy atom. The second-order valence-electron chi connectivity index (χ2n) is 3.50. The SMILES string of the molecule is O=C[C@H](O)[C@@H](O)[C@H](O)[C@](O)(CO)c1c[nH]nn1. The van der Waals surface area contributed by atoms with Gasteiger partial charge in [0.25, 0.3) is 0 Å². The molecule has 6 N–H and O–H groups in total. The van der Waals surface area contributed by atoms with Gasteiger partial charge in [0, 0.05) is 6.20 Å². The van der Waals surface area contributed by atoms with Crippen LogP contribution in [0, 0.1) is 0 Å². The van der Waals surface area contributed by atoms with Crippen molar-refractivity contribution in [3.05, 3.63) is 11.9 Å². The van der Waals surface area contributed by atoms with Gasteiger partial charge in [-0.05, 0) is 0 Å². The zero-order chi connectivity index (χ0) is 13.1. The Kier molecular flexibility index (Phi) is 4.26. The summed E-state index contributed by atoms with van der Waals surface area (Å²) in [5.74, 6) is 0. The third-order valence-electron chi connectivity index (χ3n) is 2.40. The van der Waals surface area contributed by atoms with Crippen LogP contribution in [0.4, 0.5) is 0 Å². The van der Waals surface area contributed by atoms with Crippen molar-refractivity contribution in [3.8, 4) is 0 Å². The predicted octanol–water partition coefficient (Wildman–Crippen LogP) is -3.73. The highest BCUT2D eigenvalue weighted by atomic mass is 16.4. The summed E-state index contributed by atoms with van der Waals surface area (Å²) in [4.78, 5) is 10.3. The number of carbonyl (C=O) groups is 1. The summed E-state index contributed by atoms with van der Waals surface area (Å²) in [5, 5.41) is 56.0. The zero-order valence-corrected chi connectivity index (χ0v) is 8.63. The molecule has 0 saturated carbocycles. The van der Waals surface area contributed by atoms with E-state index in [2.05, 4.69) is 15.4 Å². The molecule has 9 nitrogen and oxygen atoms in total. The first-order valence-electron chi connectivity index (χ1n) is 4.67. The van der Waals surface area contributed by atoms with E-state index in [4.69, 9.17) is 10.2 Å². The van der Waals surface area contributed by atoms with Crippen LogP contribution in [-0.2, 0) is 10.4 Å². The topological polar surface area (TPSA) is 160 Å². The molecule has 0 unspecified atom stereocenters. The van der Waals surface area contributed by atoms with Crippen molar-refractivity contribution >= 4 is 6.29 Å². The molecule has 0 radical (unpaired) electrons. The lowest BCUT2D eigenvalue weighted by molar-refractivity contribution is -0.174. The summed E-state index contributed by atoms with van der Waals surface area (Å²) in [6.45, 7) is -0.983. The fourth-order valence-corrected chi connectivity index (χ4v) is 1.29. The van der Waals surface area contributed by atoms with Gasteiger partial charge in [-0.2, -0.15) is 0 Å². The van der Waals surface area contributed by atoms with Gasteiger partial charge in [-0.3, -0.25) is 5.10 Å². The smallest absolute Gasteiger partial charge is 0.161 e. The molecule has 96 valence electrons. The molecule has 4 atom stereocenters. The van der Waals surface area contributed by atoms with Crippen LogP contribution >= 0.6 is 0 Å². The molecule has 9 heteroatoms. The van der Waals surface area contributed by atoms with Crippen LogP contribution in [0.5, 0.6) is 0 Å². The van der Waals surface area contributed by atoms with E-state index in [1.807, 2.05) is 0 Å². The van der Waals surface area contributed by atoms with Gasteiger partial charge in [-0.25, -0.2) is 0 Å². The molecule has 1 heterocycles. The molecule has 0 aliphatic rings. The van der Waals surface area contributed by atoms with Crippen LogP contribution in [0.2, 0.25) is 0 Å². The average molecular weight is 247 g/mol. The van der Waals surface area contributed by atoms with Crippen molar-refractivity contribution in [2.75, 3.05) is 6.61 Å². The molecule has 1 aromatic heterocycles. The normalized spacial score (nSPS) is 20.3. The minimum Gasteiger partial charge on any atom is -0.393 e. The van der Waals surface area contributed by atoms with E-state index in [9.17, 15) is 20.1 Å². The maximum atomic E-state index is 10.3. The number of carbonyl (C=O) groups excluding carboxylic acids is 1. The Bertz CT molecular complexity index is 358. The number of aromatic amines is 1. The maximum absolute atomic E-state index is 10.3. The van der Waals surface area contributed by atoms with E-state index >= 15 is 0 Å². The van der Waals surface area contributed by atoms with E-state index in [1.165, 1.54) is 0 Å². The molecule has 0 spiro atoms. The number of rotatable bonds is 6. The van der Waals surface area contributed by atoms with Gasteiger partial charge < -0.3 is 30.3 Å². The first-order chi connectivity index (χ1) is 7.97. The van der Waals surface area contributed by atoms with Crippen LogP contribution in [-0.4, -0.2) is 72.1 Å². The highest BCUT2D eigenvalue weighted by Crippen LogP contribution is 2.25. The molecule has 1 rings (SSSR count). The minimum absolute atomic E-state index is 0.00548. The van der Waals surface area contributed by atoms with Crippen molar-refractivity contribution in [3.63, 3.8) is 0 Å². The number of aliphatic hydroxyl groups is 5. The summed E-state index contributed by atoms with van der Waals surface area (Å²) in [6.07, 6.45) is -4.79. The molecule has 0 amide bonds. The molecule has 1 aromatic rings. The molecule has 0 aliphatic heterocycles. The van der Waals surface area contributed by atoms with Crippen molar-refractivity contribution < 1.29 is 30.3 Å².